The normalized spacial score (nSPS) is 10.9. The molecule has 3 aromatic carbocycles. The summed E-state index contributed by atoms with van der Waals surface area (Å²) in [6.45, 7) is -0.132. The predicted octanol–water partition coefficient (Wildman–Crippen LogP) is 3.58. The van der Waals surface area contributed by atoms with Crippen molar-refractivity contribution in [2.45, 2.75) is 6.61 Å². The molecule has 0 fully saturated rings. The summed E-state index contributed by atoms with van der Waals surface area (Å²) in [7, 11) is -3.77. The van der Waals surface area contributed by atoms with Crippen molar-refractivity contribution in [2.24, 2.45) is 0 Å². The Kier molecular flexibility index (Phi) is 7.06. The van der Waals surface area contributed by atoms with Gasteiger partial charge in [0.2, 0.25) is 15.9 Å². The third-order valence-electron chi connectivity index (χ3n) is 4.40. The van der Waals surface area contributed by atoms with Crippen molar-refractivity contribution in [1.82, 2.24) is 0 Å². The third kappa shape index (κ3) is 6.29. The Morgan fingerprint density at radius 1 is 1.03 bits per heavy atom. The second-order valence-electron chi connectivity index (χ2n) is 6.89. The van der Waals surface area contributed by atoms with E-state index in [1.165, 1.54) is 24.3 Å². The third-order valence-corrected chi connectivity index (χ3v) is 5.54. The van der Waals surface area contributed by atoms with Crippen molar-refractivity contribution >= 4 is 33.0 Å². The molecule has 1 N–H and O–H groups in total. The van der Waals surface area contributed by atoms with Gasteiger partial charge in [-0.15, -0.1) is 0 Å². The van der Waals surface area contributed by atoms with Crippen LogP contribution < -0.4 is 14.4 Å². The van der Waals surface area contributed by atoms with E-state index >= 15 is 0 Å². The van der Waals surface area contributed by atoms with E-state index in [2.05, 4.69) is 5.32 Å². The van der Waals surface area contributed by atoms with Crippen molar-refractivity contribution in [2.75, 3.05) is 22.4 Å². The van der Waals surface area contributed by atoms with Crippen molar-refractivity contribution in [3.05, 3.63) is 94.5 Å². The molecule has 0 aliphatic heterocycles. The molecule has 0 heterocycles. The van der Waals surface area contributed by atoms with E-state index in [1.807, 2.05) is 30.3 Å². The number of carbonyl (C=O) groups excluding carboxylic acids is 1. The van der Waals surface area contributed by atoms with E-state index in [1.54, 1.807) is 24.3 Å². The topological polar surface area (TPSA) is 119 Å². The Morgan fingerprint density at radius 3 is 2.34 bits per heavy atom. The molecule has 0 aromatic heterocycles. The van der Waals surface area contributed by atoms with Crippen LogP contribution in [0.25, 0.3) is 0 Å². The lowest BCUT2D eigenvalue weighted by atomic mass is 10.2. The fourth-order valence-corrected chi connectivity index (χ4v) is 3.73. The summed E-state index contributed by atoms with van der Waals surface area (Å²) in [5.41, 5.74) is 1.29. The molecule has 9 nitrogen and oxygen atoms in total. The SMILES string of the molecule is CS(=O)(=O)N(CC(=O)Nc1cccc([N+](=O)[O-])c1)c1ccc(OCc2ccccc2)cc1. The fourth-order valence-electron chi connectivity index (χ4n) is 2.88. The lowest BCUT2D eigenvalue weighted by Gasteiger charge is -2.22. The van der Waals surface area contributed by atoms with E-state index in [0.717, 1.165) is 16.1 Å². The Bertz CT molecular complexity index is 1200. The van der Waals surface area contributed by atoms with E-state index in [0.29, 0.717) is 12.4 Å². The van der Waals surface area contributed by atoms with Gasteiger partial charge in [-0.2, -0.15) is 0 Å². The summed E-state index contributed by atoms with van der Waals surface area (Å²) in [4.78, 5) is 22.7. The number of amides is 1. The molecule has 10 heteroatoms. The molecule has 3 rings (SSSR count). The number of sulfonamides is 1. The lowest BCUT2D eigenvalue weighted by Crippen LogP contribution is -2.37. The van der Waals surface area contributed by atoms with Crippen LogP contribution in [0.3, 0.4) is 0 Å². The van der Waals surface area contributed by atoms with Crippen LogP contribution >= 0.6 is 0 Å². The van der Waals surface area contributed by atoms with Crippen LogP contribution in [0.2, 0.25) is 0 Å². The number of nitrogens with one attached hydrogen (secondary N) is 1. The molecule has 3 aromatic rings. The smallest absolute Gasteiger partial charge is 0.271 e. The summed E-state index contributed by atoms with van der Waals surface area (Å²) >= 11 is 0. The summed E-state index contributed by atoms with van der Waals surface area (Å²) in [5, 5.41) is 13.4. The van der Waals surface area contributed by atoms with E-state index in [9.17, 15) is 23.3 Å². The van der Waals surface area contributed by atoms with Gasteiger partial charge in [0, 0.05) is 17.8 Å². The first-order valence-electron chi connectivity index (χ1n) is 9.51. The van der Waals surface area contributed by atoms with Crippen LogP contribution in [0.1, 0.15) is 5.56 Å². The average Bonchev–Trinajstić information content (AvgIpc) is 2.76. The van der Waals surface area contributed by atoms with Crippen LogP contribution in [-0.4, -0.2) is 32.0 Å². The van der Waals surface area contributed by atoms with Gasteiger partial charge in [-0.3, -0.25) is 19.2 Å². The Hall–Kier alpha value is -3.92. The zero-order valence-corrected chi connectivity index (χ0v) is 18.0. The molecular weight excluding hydrogens is 434 g/mol. The maximum Gasteiger partial charge on any atom is 0.271 e. The Labute approximate surface area is 185 Å². The summed E-state index contributed by atoms with van der Waals surface area (Å²) in [6, 6.07) is 21.3. The minimum Gasteiger partial charge on any atom is -0.489 e. The van der Waals surface area contributed by atoms with Gasteiger partial charge in [-0.1, -0.05) is 36.4 Å². The van der Waals surface area contributed by atoms with Gasteiger partial charge < -0.3 is 10.1 Å². The van der Waals surface area contributed by atoms with Crippen LogP contribution in [0, 0.1) is 10.1 Å². The number of anilines is 2. The highest BCUT2D eigenvalue weighted by atomic mass is 32.2. The molecule has 0 spiro atoms. The molecule has 1 amide bonds. The molecule has 166 valence electrons. The highest BCUT2D eigenvalue weighted by Gasteiger charge is 2.21. The number of nitro groups is 1. The van der Waals surface area contributed by atoms with E-state index in [-0.39, 0.29) is 17.1 Å². The molecule has 0 atom stereocenters. The van der Waals surface area contributed by atoms with Gasteiger partial charge in [-0.25, -0.2) is 8.42 Å². The molecule has 0 unspecified atom stereocenters. The van der Waals surface area contributed by atoms with Crippen LogP contribution in [0.15, 0.2) is 78.9 Å². The van der Waals surface area contributed by atoms with Gasteiger partial charge in [0.15, 0.2) is 0 Å². The van der Waals surface area contributed by atoms with Gasteiger partial charge in [0.05, 0.1) is 16.9 Å². The zero-order valence-electron chi connectivity index (χ0n) is 17.2. The largest absolute Gasteiger partial charge is 0.489 e. The molecule has 0 radical (unpaired) electrons. The summed E-state index contributed by atoms with van der Waals surface area (Å²) < 4.78 is 31.2. The Morgan fingerprint density at radius 2 is 1.72 bits per heavy atom. The van der Waals surface area contributed by atoms with Gasteiger partial charge in [0.25, 0.3) is 5.69 Å². The van der Waals surface area contributed by atoms with E-state index in [4.69, 9.17) is 4.74 Å². The number of hydrogen-bond acceptors (Lipinski definition) is 6. The number of carbonyl (C=O) groups is 1. The highest BCUT2D eigenvalue weighted by Crippen LogP contribution is 2.23. The van der Waals surface area contributed by atoms with Crippen molar-refractivity contribution in [1.29, 1.82) is 0 Å². The van der Waals surface area contributed by atoms with Gasteiger partial charge in [-0.05, 0) is 35.9 Å². The van der Waals surface area contributed by atoms with Crippen molar-refractivity contribution < 1.29 is 22.9 Å². The first-order chi connectivity index (χ1) is 15.2. The minimum absolute atomic E-state index is 0.186. The van der Waals surface area contributed by atoms with Crippen LogP contribution in [-0.2, 0) is 21.4 Å². The molecule has 0 bridgehead atoms. The van der Waals surface area contributed by atoms with Gasteiger partial charge in [0.1, 0.15) is 18.9 Å². The number of nitrogens with zero attached hydrogens (tertiary/aromatic N) is 2. The van der Waals surface area contributed by atoms with Gasteiger partial charge >= 0.3 is 0 Å². The number of non-ortho nitro benzene ring substituents is 1. The van der Waals surface area contributed by atoms with Crippen molar-refractivity contribution in [3.63, 3.8) is 0 Å². The Balaban J connectivity index is 1.69. The number of rotatable bonds is 9. The monoisotopic (exact) mass is 455 g/mol. The van der Waals surface area contributed by atoms with E-state index < -0.39 is 27.4 Å². The maximum absolute atomic E-state index is 12.4. The molecule has 0 saturated heterocycles. The van der Waals surface area contributed by atoms with Crippen LogP contribution in [0.5, 0.6) is 5.75 Å². The quantitative estimate of drug-likeness (QED) is 0.389. The second-order valence-corrected chi connectivity index (χ2v) is 8.80. The molecule has 0 aliphatic rings. The molecular formula is C22H21N3O6S. The second kappa shape index (κ2) is 9.92. The maximum atomic E-state index is 12.4. The van der Waals surface area contributed by atoms with Crippen molar-refractivity contribution in [3.8, 4) is 5.75 Å². The predicted molar refractivity (Wildman–Crippen MR) is 121 cm³/mol. The standard InChI is InChI=1S/C22H21N3O6S/c1-32(29,30)24(15-22(26)23-18-8-5-9-20(14-18)25(27)28)19-10-12-21(13-11-19)31-16-17-6-3-2-4-7-17/h2-14H,15-16H2,1H3,(H,23,26). The zero-order chi connectivity index (χ0) is 23.1. The van der Waals surface area contributed by atoms with Crippen LogP contribution in [0.4, 0.5) is 17.1 Å². The summed E-state index contributed by atoms with van der Waals surface area (Å²) in [6.07, 6.45) is 0.994. The average molecular weight is 455 g/mol. The first-order valence-corrected chi connectivity index (χ1v) is 11.4. The highest BCUT2D eigenvalue weighted by molar-refractivity contribution is 7.92. The molecule has 32 heavy (non-hydrogen) atoms. The fraction of sp³-hybridized carbons (Fsp3) is 0.136. The first kappa shape index (κ1) is 22.8. The minimum atomic E-state index is -3.77. The molecule has 0 saturated carbocycles. The number of nitro benzene ring substituents is 1. The number of benzene rings is 3. The summed E-state index contributed by atoms with van der Waals surface area (Å²) in [5.74, 6) is -0.0903. The molecule has 0 aliphatic carbocycles. The lowest BCUT2D eigenvalue weighted by molar-refractivity contribution is -0.384. The number of hydrogen-bond donors (Lipinski definition) is 1. The number of ether oxygens (including phenoxy) is 1.